The molecule has 1 aliphatic heterocycles. The van der Waals surface area contributed by atoms with Gasteiger partial charge in [0.1, 0.15) is 5.69 Å². The quantitative estimate of drug-likeness (QED) is 0.262. The number of carbonyl (C=O) groups excluding carboxylic acids is 3. The van der Waals surface area contributed by atoms with Gasteiger partial charge in [-0.3, -0.25) is 9.59 Å². The number of aryl methyl sites for hydroxylation is 1. The highest BCUT2D eigenvalue weighted by Gasteiger charge is 2.44. The largest absolute Gasteiger partial charge is 0.872 e. The summed E-state index contributed by atoms with van der Waals surface area (Å²) in [6.07, 6.45) is 3.49. The minimum Gasteiger partial charge on any atom is -0.872 e. The van der Waals surface area contributed by atoms with Gasteiger partial charge in [0.15, 0.2) is 12.4 Å². The van der Waals surface area contributed by atoms with E-state index in [0.717, 1.165) is 5.56 Å². The van der Waals surface area contributed by atoms with Gasteiger partial charge in [-0.25, -0.2) is 9.78 Å². The zero-order chi connectivity index (χ0) is 24.4. The number of rotatable bonds is 6. The van der Waals surface area contributed by atoms with Crippen molar-refractivity contribution in [2.75, 3.05) is 6.61 Å². The summed E-state index contributed by atoms with van der Waals surface area (Å²) in [4.78, 5) is 46.0. The second-order valence-corrected chi connectivity index (χ2v) is 8.08. The van der Waals surface area contributed by atoms with Gasteiger partial charge in [-0.05, 0) is 43.5 Å². The third-order valence-electron chi connectivity index (χ3n) is 5.91. The number of likely N-dealkylation sites (tertiary alicyclic amines) is 1. The molecule has 0 spiro atoms. The van der Waals surface area contributed by atoms with Crippen LogP contribution >= 0.6 is 0 Å². The number of ketones is 1. The van der Waals surface area contributed by atoms with Crippen LogP contribution < -0.4 is 10.1 Å². The predicted octanol–water partition coefficient (Wildman–Crippen LogP) is 2.05. The summed E-state index contributed by atoms with van der Waals surface area (Å²) in [6.45, 7) is 5.31. The van der Waals surface area contributed by atoms with E-state index in [4.69, 9.17) is 4.74 Å². The molecule has 3 aromatic rings. The fourth-order valence-corrected chi connectivity index (χ4v) is 4.37. The van der Waals surface area contributed by atoms with E-state index < -0.39 is 29.5 Å². The van der Waals surface area contributed by atoms with Crippen molar-refractivity contribution >= 4 is 23.4 Å². The van der Waals surface area contributed by atoms with Crippen molar-refractivity contribution in [2.24, 2.45) is 0 Å². The number of hydrogen-bond donors (Lipinski definition) is 1. The Kier molecular flexibility index (Phi) is 6.32. The van der Waals surface area contributed by atoms with Crippen LogP contribution in [0, 0.1) is 13.8 Å². The SMILES string of the molecule is CCOC(=O)c1[nH]c(C)c(C([O-])=C2C(=O)C(=O)N(Cc3ccc[nH+]c3)C2c2ccccc2)c1C. The summed E-state index contributed by atoms with van der Waals surface area (Å²) in [5, 5.41) is 13.8. The average molecular weight is 460 g/mol. The maximum atomic E-state index is 13.8. The van der Waals surface area contributed by atoms with Gasteiger partial charge in [0, 0.05) is 22.9 Å². The Hall–Kier alpha value is -4.20. The number of pyridine rings is 1. The molecule has 2 N–H and O–H groups in total. The number of carbonyl (C=O) groups is 3. The third-order valence-corrected chi connectivity index (χ3v) is 5.91. The number of benzene rings is 1. The van der Waals surface area contributed by atoms with Crippen LogP contribution in [0.4, 0.5) is 0 Å². The molecule has 1 aliphatic rings. The molecule has 1 atom stereocenters. The minimum absolute atomic E-state index is 0.128. The van der Waals surface area contributed by atoms with Crippen molar-refractivity contribution in [2.45, 2.75) is 33.4 Å². The van der Waals surface area contributed by atoms with Crippen LogP contribution in [-0.4, -0.2) is 34.2 Å². The first-order valence-electron chi connectivity index (χ1n) is 11.0. The number of aromatic nitrogens is 2. The Labute approximate surface area is 196 Å². The van der Waals surface area contributed by atoms with Gasteiger partial charge in [-0.1, -0.05) is 36.1 Å². The second kappa shape index (κ2) is 9.35. The summed E-state index contributed by atoms with van der Waals surface area (Å²) in [6, 6.07) is 11.8. The summed E-state index contributed by atoms with van der Waals surface area (Å²) in [5.74, 6) is -2.73. The number of nitrogens with one attached hydrogen (secondary N) is 2. The Morgan fingerprint density at radius 2 is 1.88 bits per heavy atom. The Balaban J connectivity index is 1.88. The molecule has 1 unspecified atom stereocenters. The van der Waals surface area contributed by atoms with Gasteiger partial charge in [-0.2, -0.15) is 0 Å². The highest BCUT2D eigenvalue weighted by atomic mass is 16.5. The number of aromatic amines is 2. The van der Waals surface area contributed by atoms with Crippen molar-refractivity contribution in [3.63, 3.8) is 0 Å². The Morgan fingerprint density at radius 1 is 1.15 bits per heavy atom. The van der Waals surface area contributed by atoms with Crippen LogP contribution in [0.1, 0.15) is 51.4 Å². The van der Waals surface area contributed by atoms with Gasteiger partial charge >= 0.3 is 5.97 Å². The molecule has 34 heavy (non-hydrogen) atoms. The van der Waals surface area contributed by atoms with Crippen molar-refractivity contribution in [1.82, 2.24) is 9.88 Å². The lowest BCUT2D eigenvalue weighted by Crippen LogP contribution is -2.29. The van der Waals surface area contributed by atoms with Crippen LogP contribution in [0.15, 0.2) is 60.4 Å². The van der Waals surface area contributed by atoms with E-state index in [2.05, 4.69) is 9.97 Å². The monoisotopic (exact) mass is 459 g/mol. The molecule has 1 aromatic carbocycles. The van der Waals surface area contributed by atoms with Crippen LogP contribution in [0.25, 0.3) is 5.76 Å². The van der Waals surface area contributed by atoms with Crippen molar-refractivity contribution in [3.05, 3.63) is 94.1 Å². The third kappa shape index (κ3) is 3.98. The molecule has 1 fully saturated rings. The lowest BCUT2D eigenvalue weighted by atomic mass is 9.94. The number of amides is 1. The van der Waals surface area contributed by atoms with Gasteiger partial charge < -0.3 is 19.7 Å². The molecule has 0 saturated carbocycles. The van der Waals surface area contributed by atoms with E-state index in [0.29, 0.717) is 16.8 Å². The molecule has 0 bridgehead atoms. The van der Waals surface area contributed by atoms with Crippen molar-refractivity contribution in [3.8, 4) is 0 Å². The summed E-state index contributed by atoms with van der Waals surface area (Å²) >= 11 is 0. The van der Waals surface area contributed by atoms with Crippen LogP contribution in [0.5, 0.6) is 0 Å². The number of ether oxygens (including phenoxy) is 1. The van der Waals surface area contributed by atoms with Gasteiger partial charge in [0.2, 0.25) is 5.78 Å². The van der Waals surface area contributed by atoms with E-state index in [1.54, 1.807) is 63.5 Å². The summed E-state index contributed by atoms with van der Waals surface area (Å²) in [7, 11) is 0. The van der Waals surface area contributed by atoms with E-state index in [9.17, 15) is 19.5 Å². The Bertz CT molecular complexity index is 1280. The molecule has 174 valence electrons. The molecule has 0 aliphatic carbocycles. The molecule has 4 rings (SSSR count). The molecular formula is C26H25N3O5. The standard InChI is InChI=1S/C26H25N3O5/c1-4-34-26(33)21-15(2)19(16(3)28-21)23(30)20-22(18-10-6-5-7-11-18)29(25(32)24(20)31)14-17-9-8-12-27-13-17/h5-13,22,28,30H,4,14H2,1-3H3. The van der Waals surface area contributed by atoms with Gasteiger partial charge in [0.05, 0.1) is 19.2 Å². The molecule has 8 heteroatoms. The fraction of sp³-hybridized carbons (Fsp3) is 0.231. The van der Waals surface area contributed by atoms with E-state index >= 15 is 0 Å². The number of hydrogen-bond acceptors (Lipinski definition) is 5. The molecule has 1 saturated heterocycles. The molecule has 0 radical (unpaired) electrons. The van der Waals surface area contributed by atoms with Gasteiger partial charge in [-0.15, -0.1) is 0 Å². The summed E-state index contributed by atoms with van der Waals surface area (Å²) < 4.78 is 5.07. The number of esters is 1. The van der Waals surface area contributed by atoms with Crippen molar-refractivity contribution in [1.29, 1.82) is 0 Å². The normalized spacial score (nSPS) is 17.3. The second-order valence-electron chi connectivity index (χ2n) is 8.08. The van der Waals surface area contributed by atoms with E-state index in [1.807, 2.05) is 12.1 Å². The molecule has 1 amide bonds. The lowest BCUT2D eigenvalue weighted by Gasteiger charge is -2.27. The smallest absolute Gasteiger partial charge is 0.355 e. The maximum Gasteiger partial charge on any atom is 0.355 e. The lowest BCUT2D eigenvalue weighted by molar-refractivity contribution is -0.378. The zero-order valence-electron chi connectivity index (χ0n) is 19.2. The molecule has 3 heterocycles. The highest BCUT2D eigenvalue weighted by molar-refractivity contribution is 6.46. The number of Topliss-reactive ketones (excluding diaryl/α,β-unsaturated/α-hetero) is 1. The van der Waals surface area contributed by atoms with Crippen molar-refractivity contribution < 1.29 is 29.2 Å². The number of nitrogens with zero attached hydrogens (tertiary/aromatic N) is 1. The minimum atomic E-state index is -0.853. The summed E-state index contributed by atoms with van der Waals surface area (Å²) in [5.41, 5.74) is 2.50. The predicted molar refractivity (Wildman–Crippen MR) is 121 cm³/mol. The molecular weight excluding hydrogens is 434 g/mol. The highest BCUT2D eigenvalue weighted by Crippen LogP contribution is 2.40. The van der Waals surface area contributed by atoms with Crippen LogP contribution in [-0.2, 0) is 20.9 Å². The Morgan fingerprint density at radius 3 is 2.53 bits per heavy atom. The van der Waals surface area contributed by atoms with E-state index in [-0.39, 0.29) is 30.0 Å². The van der Waals surface area contributed by atoms with Gasteiger partial charge in [0.25, 0.3) is 5.91 Å². The zero-order valence-corrected chi connectivity index (χ0v) is 19.2. The first-order chi connectivity index (χ1) is 16.3. The first kappa shape index (κ1) is 23.0. The van der Waals surface area contributed by atoms with E-state index in [1.165, 1.54) is 4.90 Å². The van der Waals surface area contributed by atoms with Crippen LogP contribution in [0.2, 0.25) is 0 Å². The number of H-pyrrole nitrogens is 2. The fourth-order valence-electron chi connectivity index (χ4n) is 4.37. The first-order valence-corrected chi connectivity index (χ1v) is 11.0. The molecule has 8 nitrogen and oxygen atoms in total. The molecule has 2 aromatic heterocycles. The maximum absolute atomic E-state index is 13.8. The topological polar surface area (TPSA) is 117 Å². The average Bonchev–Trinajstić information content (AvgIpc) is 3.27. The van der Waals surface area contributed by atoms with Crippen LogP contribution in [0.3, 0.4) is 0 Å².